The van der Waals surface area contributed by atoms with Crippen LogP contribution < -0.4 is 4.74 Å². The summed E-state index contributed by atoms with van der Waals surface area (Å²) in [5.41, 5.74) is 0.544. The molecule has 2 unspecified atom stereocenters. The predicted molar refractivity (Wildman–Crippen MR) is 134 cm³/mol. The summed E-state index contributed by atoms with van der Waals surface area (Å²) in [6.45, 7) is 5.84. The average molecular weight is 473 g/mol. The second-order valence-corrected chi connectivity index (χ2v) is 10.6. The third-order valence-electron chi connectivity index (χ3n) is 8.35. The van der Waals surface area contributed by atoms with Crippen LogP contribution in [0.2, 0.25) is 0 Å². The molecule has 2 aliphatic rings. The third-order valence-corrected chi connectivity index (χ3v) is 8.35. The molecule has 34 heavy (non-hydrogen) atoms. The molecule has 4 heteroatoms. The van der Waals surface area contributed by atoms with Crippen LogP contribution in [0.4, 0.5) is 13.2 Å². The van der Waals surface area contributed by atoms with Crippen molar-refractivity contribution in [1.82, 2.24) is 0 Å². The molecule has 0 heterocycles. The molecule has 0 saturated heterocycles. The van der Waals surface area contributed by atoms with Crippen molar-refractivity contribution in [2.75, 3.05) is 6.61 Å². The molecule has 0 radical (unpaired) electrons. The monoisotopic (exact) mass is 472 g/mol. The number of rotatable bonds is 10. The molecule has 2 aliphatic carbocycles. The van der Waals surface area contributed by atoms with Crippen molar-refractivity contribution in [2.45, 2.75) is 89.9 Å². The zero-order valence-corrected chi connectivity index (χ0v) is 20.6. The lowest BCUT2D eigenvalue weighted by Crippen LogP contribution is -2.30. The van der Waals surface area contributed by atoms with Gasteiger partial charge in [0.15, 0.2) is 11.6 Å². The van der Waals surface area contributed by atoms with Gasteiger partial charge in [-0.15, -0.1) is 0 Å². The lowest BCUT2D eigenvalue weighted by atomic mass is 9.63. The number of fused-ring (bicyclic) bond motifs is 2. The van der Waals surface area contributed by atoms with Gasteiger partial charge in [0, 0.05) is 0 Å². The molecule has 2 aromatic carbocycles. The molecule has 2 aromatic rings. The predicted octanol–water partition coefficient (Wildman–Crippen LogP) is 9.48. The first-order valence-electron chi connectivity index (χ1n) is 13.4. The van der Waals surface area contributed by atoms with E-state index in [2.05, 4.69) is 13.5 Å². The smallest absolute Gasteiger partial charge is 0.201 e. The van der Waals surface area contributed by atoms with E-state index in [-0.39, 0.29) is 23.7 Å². The molecule has 2 fully saturated rings. The summed E-state index contributed by atoms with van der Waals surface area (Å²) in [6, 6.07) is 4.86. The van der Waals surface area contributed by atoms with E-state index >= 15 is 4.39 Å². The Balaban J connectivity index is 1.42. The molecule has 0 spiro atoms. The van der Waals surface area contributed by atoms with E-state index in [1.165, 1.54) is 69.9 Å². The van der Waals surface area contributed by atoms with Crippen molar-refractivity contribution in [2.24, 2.45) is 17.8 Å². The van der Waals surface area contributed by atoms with Crippen LogP contribution in [0.15, 0.2) is 30.9 Å². The van der Waals surface area contributed by atoms with Crippen LogP contribution in [0.25, 0.3) is 10.8 Å². The fourth-order valence-corrected chi connectivity index (χ4v) is 6.51. The molecule has 4 rings (SSSR count). The molecule has 0 bridgehead atoms. The van der Waals surface area contributed by atoms with Gasteiger partial charge in [0.1, 0.15) is 12.4 Å². The Labute approximate surface area is 202 Å². The number of ether oxygens (including phenoxy) is 1. The van der Waals surface area contributed by atoms with E-state index in [0.717, 1.165) is 31.1 Å². The average Bonchev–Trinajstić information content (AvgIpc) is 2.85. The Morgan fingerprint density at radius 2 is 1.68 bits per heavy atom. The van der Waals surface area contributed by atoms with Crippen molar-refractivity contribution in [3.63, 3.8) is 0 Å². The number of hydrogen-bond donors (Lipinski definition) is 0. The maximum Gasteiger partial charge on any atom is 0.201 e. The van der Waals surface area contributed by atoms with Crippen molar-refractivity contribution < 1.29 is 17.9 Å². The highest BCUT2D eigenvalue weighted by Crippen LogP contribution is 2.49. The molecule has 0 N–H and O–H groups in total. The SMILES string of the molecule is C=CCOc1cc2ccc([C@@H]3CC[C@@H]4CC(CCCCCCC)CCC4C3)c(F)c2c(F)c1F. The van der Waals surface area contributed by atoms with Crippen LogP contribution in [0, 0.1) is 35.2 Å². The van der Waals surface area contributed by atoms with Crippen LogP contribution >= 0.6 is 0 Å². The Bertz CT molecular complexity index is 985. The first-order chi connectivity index (χ1) is 16.5. The zero-order valence-electron chi connectivity index (χ0n) is 20.6. The number of benzene rings is 2. The van der Waals surface area contributed by atoms with E-state index in [1.54, 1.807) is 12.1 Å². The Kier molecular flexibility index (Phi) is 8.60. The van der Waals surface area contributed by atoms with Gasteiger partial charge in [-0.1, -0.05) is 76.7 Å². The summed E-state index contributed by atoms with van der Waals surface area (Å²) < 4.78 is 50.1. The third kappa shape index (κ3) is 5.47. The molecule has 0 aliphatic heterocycles. The molecule has 186 valence electrons. The van der Waals surface area contributed by atoms with Crippen LogP contribution in [0.5, 0.6) is 5.75 Å². The zero-order chi connectivity index (χ0) is 24.1. The Morgan fingerprint density at radius 1 is 0.912 bits per heavy atom. The summed E-state index contributed by atoms with van der Waals surface area (Å²) in [6.07, 6.45) is 16.4. The van der Waals surface area contributed by atoms with Gasteiger partial charge in [-0.2, -0.15) is 4.39 Å². The maximum atomic E-state index is 15.5. The van der Waals surface area contributed by atoms with Gasteiger partial charge in [-0.05, 0) is 72.8 Å². The number of unbranched alkanes of at least 4 members (excludes halogenated alkanes) is 4. The molecular formula is C30H39F3O. The van der Waals surface area contributed by atoms with Gasteiger partial charge in [0.05, 0.1) is 5.39 Å². The van der Waals surface area contributed by atoms with Crippen LogP contribution in [-0.4, -0.2) is 6.61 Å². The van der Waals surface area contributed by atoms with Gasteiger partial charge in [0.2, 0.25) is 5.82 Å². The lowest BCUT2D eigenvalue weighted by Gasteiger charge is -2.42. The van der Waals surface area contributed by atoms with E-state index < -0.39 is 17.5 Å². The topological polar surface area (TPSA) is 9.23 Å². The van der Waals surface area contributed by atoms with Crippen LogP contribution in [0.3, 0.4) is 0 Å². The fourth-order valence-electron chi connectivity index (χ4n) is 6.51. The van der Waals surface area contributed by atoms with Crippen molar-refractivity contribution in [3.8, 4) is 5.75 Å². The van der Waals surface area contributed by atoms with Crippen LogP contribution in [0.1, 0.15) is 95.5 Å². The summed E-state index contributed by atoms with van der Waals surface area (Å²) in [5.74, 6) is -0.810. The van der Waals surface area contributed by atoms with E-state index in [1.807, 2.05) is 0 Å². The number of hydrogen-bond acceptors (Lipinski definition) is 1. The van der Waals surface area contributed by atoms with Gasteiger partial charge in [-0.25, -0.2) is 8.78 Å². The van der Waals surface area contributed by atoms with E-state index in [4.69, 9.17) is 4.74 Å². The summed E-state index contributed by atoms with van der Waals surface area (Å²) in [4.78, 5) is 0. The minimum Gasteiger partial charge on any atom is -0.486 e. The van der Waals surface area contributed by atoms with Crippen molar-refractivity contribution >= 4 is 10.8 Å². The first kappa shape index (κ1) is 25.1. The normalized spacial score (nSPS) is 24.7. The summed E-state index contributed by atoms with van der Waals surface area (Å²) in [7, 11) is 0. The van der Waals surface area contributed by atoms with Gasteiger partial charge < -0.3 is 4.74 Å². The van der Waals surface area contributed by atoms with Gasteiger partial charge in [-0.3, -0.25) is 0 Å². The second-order valence-electron chi connectivity index (χ2n) is 10.6. The minimum absolute atomic E-state index is 0.0623. The summed E-state index contributed by atoms with van der Waals surface area (Å²) >= 11 is 0. The lowest BCUT2D eigenvalue weighted by molar-refractivity contribution is 0.112. The first-order valence-corrected chi connectivity index (χ1v) is 13.4. The van der Waals surface area contributed by atoms with E-state index in [9.17, 15) is 8.78 Å². The molecular weight excluding hydrogens is 433 g/mol. The molecule has 0 amide bonds. The number of halogens is 3. The highest BCUT2D eigenvalue weighted by atomic mass is 19.2. The molecule has 2 saturated carbocycles. The highest BCUT2D eigenvalue weighted by molar-refractivity contribution is 5.86. The maximum absolute atomic E-state index is 15.5. The van der Waals surface area contributed by atoms with Gasteiger partial charge >= 0.3 is 0 Å². The Hall–Kier alpha value is -1.97. The quantitative estimate of drug-likeness (QED) is 0.247. The molecule has 1 nitrogen and oxygen atoms in total. The van der Waals surface area contributed by atoms with Crippen molar-refractivity contribution in [1.29, 1.82) is 0 Å². The molecule has 0 aromatic heterocycles. The Morgan fingerprint density at radius 3 is 2.47 bits per heavy atom. The molecule has 4 atom stereocenters. The fraction of sp³-hybridized carbons (Fsp3) is 0.600. The second kappa shape index (κ2) is 11.6. The highest BCUT2D eigenvalue weighted by Gasteiger charge is 2.37. The standard InChI is InChI=1S/C30H39F3O/c1-3-5-6-7-8-9-20-10-11-22-18-23(13-12-21(22)17-20)25-15-14-24-19-26(34-16-4-2)29(32)30(33)27(24)28(25)31/h4,14-15,19-23H,2-3,5-13,16-18H2,1H3/t20?,21-,22?,23-/m1/s1. The van der Waals surface area contributed by atoms with Gasteiger partial charge in [0.25, 0.3) is 0 Å². The van der Waals surface area contributed by atoms with E-state index in [0.29, 0.717) is 16.9 Å². The van der Waals surface area contributed by atoms with Crippen LogP contribution in [-0.2, 0) is 0 Å². The largest absolute Gasteiger partial charge is 0.486 e. The van der Waals surface area contributed by atoms with Crippen molar-refractivity contribution in [3.05, 3.63) is 53.9 Å². The minimum atomic E-state index is -1.16. The summed E-state index contributed by atoms with van der Waals surface area (Å²) in [5, 5.41) is 0.0715.